The number of nitrogens with zero attached hydrogens (tertiary/aromatic N) is 4. The fourth-order valence-electron chi connectivity index (χ4n) is 3.53. The molecule has 1 N–H and O–H groups in total. The first-order valence-electron chi connectivity index (χ1n) is 9.91. The Kier molecular flexibility index (Phi) is 5.95. The summed E-state index contributed by atoms with van der Waals surface area (Å²) in [6.45, 7) is 3.78. The summed E-state index contributed by atoms with van der Waals surface area (Å²) in [7, 11) is 0. The van der Waals surface area contributed by atoms with E-state index in [1.54, 1.807) is 24.5 Å². The molecule has 11 heteroatoms. The zero-order chi connectivity index (χ0) is 22.2. The molecule has 1 aromatic carbocycles. The number of aromatic hydroxyl groups is 1. The molecule has 4 heterocycles. The second-order valence-electron chi connectivity index (χ2n) is 7.41. The van der Waals surface area contributed by atoms with Crippen molar-refractivity contribution in [2.75, 3.05) is 26.3 Å². The third kappa shape index (κ3) is 4.28. The van der Waals surface area contributed by atoms with Crippen molar-refractivity contribution in [1.29, 1.82) is 0 Å². The van der Waals surface area contributed by atoms with Gasteiger partial charge in [0.2, 0.25) is 5.75 Å². The first kappa shape index (κ1) is 21.5. The predicted molar refractivity (Wildman–Crippen MR) is 122 cm³/mol. The molecule has 3 aromatic heterocycles. The zero-order valence-electron chi connectivity index (χ0n) is 16.8. The Morgan fingerprint density at radius 3 is 2.81 bits per heavy atom. The van der Waals surface area contributed by atoms with Crippen molar-refractivity contribution in [1.82, 2.24) is 19.3 Å². The fourth-order valence-corrected chi connectivity index (χ4v) is 5.68. The van der Waals surface area contributed by atoms with Crippen LogP contribution in [0.2, 0.25) is 5.02 Å². The number of morpholine rings is 1. The molecule has 0 bridgehead atoms. The summed E-state index contributed by atoms with van der Waals surface area (Å²) in [6.07, 6.45) is 3.90. The lowest BCUT2D eigenvalue weighted by Gasteiger charge is -2.25. The van der Waals surface area contributed by atoms with Gasteiger partial charge in [0.05, 0.1) is 18.2 Å². The lowest BCUT2D eigenvalue weighted by molar-refractivity contribution is 0.0346. The van der Waals surface area contributed by atoms with E-state index in [4.69, 9.17) is 16.3 Å². The number of fused-ring (bicyclic) bond motifs is 1. The molecule has 0 spiro atoms. The van der Waals surface area contributed by atoms with Gasteiger partial charge in [-0.15, -0.1) is 11.3 Å². The molecule has 0 aliphatic carbocycles. The maximum Gasteiger partial charge on any atom is 0.301 e. The minimum Gasteiger partial charge on any atom is -0.501 e. The summed E-state index contributed by atoms with van der Waals surface area (Å²) >= 11 is 8.60. The van der Waals surface area contributed by atoms with E-state index in [9.17, 15) is 14.3 Å². The molecule has 0 atom stereocenters. The van der Waals surface area contributed by atoms with E-state index in [1.165, 1.54) is 33.1 Å². The average Bonchev–Trinajstić information content (AvgIpc) is 3.41. The van der Waals surface area contributed by atoms with Gasteiger partial charge in [-0.2, -0.15) is 0 Å². The van der Waals surface area contributed by atoms with Gasteiger partial charge in [-0.1, -0.05) is 29.0 Å². The molecule has 0 radical (unpaired) electrons. The molecule has 32 heavy (non-hydrogen) atoms. The van der Waals surface area contributed by atoms with Crippen LogP contribution in [0.4, 0.5) is 4.39 Å². The number of benzene rings is 1. The topological polar surface area (TPSA) is 80.0 Å². The molecular weight excluding hydrogens is 475 g/mol. The van der Waals surface area contributed by atoms with Crippen LogP contribution in [-0.4, -0.2) is 50.7 Å². The van der Waals surface area contributed by atoms with Crippen molar-refractivity contribution in [3.8, 4) is 16.5 Å². The van der Waals surface area contributed by atoms with E-state index >= 15 is 0 Å². The minimum absolute atomic E-state index is 0.0654. The standard InChI is InChI=1S/C21H18ClFN4O3S2/c22-15-8-12(1-2-16(15)23)7-13-9-24-19(31-13)17-18(28)20(29)27-11-14(32-21(27)25-17)10-26-3-5-30-6-4-26/h1-2,8-9,11,28H,3-7,10H2. The van der Waals surface area contributed by atoms with Crippen molar-refractivity contribution in [2.24, 2.45) is 0 Å². The van der Waals surface area contributed by atoms with E-state index in [0.717, 1.165) is 28.4 Å². The Balaban J connectivity index is 1.43. The van der Waals surface area contributed by atoms with Gasteiger partial charge in [-0.3, -0.25) is 14.1 Å². The maximum absolute atomic E-state index is 13.4. The SMILES string of the molecule is O=c1c(O)c(-c2ncc(Cc3ccc(F)c(Cl)c3)s2)nc2sc(CN3CCOCC3)cn12. The van der Waals surface area contributed by atoms with E-state index in [0.29, 0.717) is 36.1 Å². The smallest absolute Gasteiger partial charge is 0.301 e. The Labute approximate surface area is 195 Å². The highest BCUT2D eigenvalue weighted by atomic mass is 35.5. The fraction of sp³-hybridized carbons (Fsp3) is 0.286. The maximum atomic E-state index is 13.4. The molecule has 166 valence electrons. The molecule has 1 aliphatic rings. The number of aromatic nitrogens is 3. The van der Waals surface area contributed by atoms with Crippen molar-refractivity contribution in [2.45, 2.75) is 13.0 Å². The molecule has 7 nitrogen and oxygen atoms in total. The Morgan fingerprint density at radius 1 is 1.22 bits per heavy atom. The van der Waals surface area contributed by atoms with Gasteiger partial charge in [-0.05, 0) is 17.7 Å². The number of halogens is 2. The Hall–Kier alpha value is -2.37. The minimum atomic E-state index is -0.517. The largest absolute Gasteiger partial charge is 0.501 e. The molecule has 4 aromatic rings. The molecule has 0 amide bonds. The molecule has 1 fully saturated rings. The number of rotatable bonds is 5. The summed E-state index contributed by atoms with van der Waals surface area (Å²) in [5, 5.41) is 11.1. The summed E-state index contributed by atoms with van der Waals surface area (Å²) < 4.78 is 20.2. The molecule has 0 saturated carbocycles. The van der Waals surface area contributed by atoms with Gasteiger partial charge in [0.15, 0.2) is 4.96 Å². The van der Waals surface area contributed by atoms with Gasteiger partial charge in [0, 0.05) is 48.2 Å². The summed E-state index contributed by atoms with van der Waals surface area (Å²) in [5.74, 6) is -0.892. The monoisotopic (exact) mass is 492 g/mol. The van der Waals surface area contributed by atoms with Crippen molar-refractivity contribution in [3.05, 3.63) is 67.1 Å². The second kappa shape index (κ2) is 8.87. The van der Waals surface area contributed by atoms with Gasteiger partial charge < -0.3 is 9.84 Å². The van der Waals surface area contributed by atoms with Crippen LogP contribution in [-0.2, 0) is 17.7 Å². The van der Waals surface area contributed by atoms with Crippen LogP contribution in [0.5, 0.6) is 5.75 Å². The Bertz CT molecular complexity index is 1350. The van der Waals surface area contributed by atoms with Gasteiger partial charge in [0.25, 0.3) is 0 Å². The normalized spacial score (nSPS) is 14.9. The third-order valence-electron chi connectivity index (χ3n) is 5.16. The highest BCUT2D eigenvalue weighted by Gasteiger charge is 2.20. The van der Waals surface area contributed by atoms with Crippen LogP contribution < -0.4 is 5.56 Å². The highest BCUT2D eigenvalue weighted by molar-refractivity contribution is 7.17. The van der Waals surface area contributed by atoms with Gasteiger partial charge >= 0.3 is 5.56 Å². The van der Waals surface area contributed by atoms with Crippen LogP contribution in [0.15, 0.2) is 35.4 Å². The van der Waals surface area contributed by atoms with Crippen molar-refractivity contribution in [3.63, 3.8) is 0 Å². The zero-order valence-corrected chi connectivity index (χ0v) is 19.1. The molecule has 5 rings (SSSR count). The summed E-state index contributed by atoms with van der Waals surface area (Å²) in [4.78, 5) is 26.3. The van der Waals surface area contributed by atoms with Crippen LogP contribution in [0.1, 0.15) is 15.3 Å². The van der Waals surface area contributed by atoms with E-state index in [-0.39, 0.29) is 10.7 Å². The van der Waals surface area contributed by atoms with E-state index < -0.39 is 17.1 Å². The van der Waals surface area contributed by atoms with E-state index in [1.807, 2.05) is 0 Å². The van der Waals surface area contributed by atoms with E-state index in [2.05, 4.69) is 14.9 Å². The first-order valence-corrected chi connectivity index (χ1v) is 11.9. The lowest BCUT2D eigenvalue weighted by atomic mass is 10.1. The predicted octanol–water partition coefficient (Wildman–Crippen LogP) is 3.80. The average molecular weight is 493 g/mol. The molecule has 1 saturated heterocycles. The third-order valence-corrected chi connectivity index (χ3v) is 7.42. The molecule has 1 aliphatic heterocycles. The Morgan fingerprint density at radius 2 is 2.03 bits per heavy atom. The highest BCUT2D eigenvalue weighted by Crippen LogP contribution is 2.31. The van der Waals surface area contributed by atoms with Crippen LogP contribution >= 0.6 is 34.3 Å². The van der Waals surface area contributed by atoms with Crippen LogP contribution in [0.3, 0.4) is 0 Å². The number of thiazole rings is 2. The quantitative estimate of drug-likeness (QED) is 0.456. The summed E-state index contributed by atoms with van der Waals surface area (Å²) in [6, 6.07) is 4.57. The number of ether oxygens (including phenoxy) is 1. The second-order valence-corrected chi connectivity index (χ2v) is 10.0. The van der Waals surface area contributed by atoms with Gasteiger partial charge in [-0.25, -0.2) is 14.4 Å². The lowest BCUT2D eigenvalue weighted by Crippen LogP contribution is -2.35. The van der Waals surface area contributed by atoms with Crippen LogP contribution in [0.25, 0.3) is 15.7 Å². The number of hydrogen-bond acceptors (Lipinski definition) is 8. The molecular formula is C21H18ClFN4O3S2. The van der Waals surface area contributed by atoms with Crippen LogP contribution in [0, 0.1) is 5.82 Å². The molecule has 0 unspecified atom stereocenters. The first-order chi connectivity index (χ1) is 15.5. The van der Waals surface area contributed by atoms with Crippen molar-refractivity contribution < 1.29 is 14.2 Å². The van der Waals surface area contributed by atoms with Gasteiger partial charge in [0.1, 0.15) is 16.5 Å². The summed E-state index contributed by atoms with van der Waals surface area (Å²) in [5.41, 5.74) is 0.491. The van der Waals surface area contributed by atoms with Crippen molar-refractivity contribution >= 4 is 39.2 Å². The number of hydrogen-bond donors (Lipinski definition) is 1.